The van der Waals surface area contributed by atoms with Crippen molar-refractivity contribution >= 4 is 0 Å². The molecule has 0 spiro atoms. The van der Waals surface area contributed by atoms with Crippen LogP contribution in [0.15, 0.2) is 0 Å². The van der Waals surface area contributed by atoms with Crippen LogP contribution in [0, 0.1) is 5.92 Å². The number of rotatable bonds is 3. The van der Waals surface area contributed by atoms with Crippen molar-refractivity contribution in [1.82, 2.24) is 4.90 Å². The number of morpholine rings is 1. The highest BCUT2D eigenvalue weighted by Crippen LogP contribution is 2.28. The van der Waals surface area contributed by atoms with Gasteiger partial charge in [-0.25, -0.2) is 0 Å². The summed E-state index contributed by atoms with van der Waals surface area (Å²) >= 11 is 0. The molecule has 2 fully saturated rings. The molecule has 1 N–H and O–H groups in total. The van der Waals surface area contributed by atoms with Gasteiger partial charge in [-0.15, -0.1) is 0 Å². The minimum atomic E-state index is -0.0335. The van der Waals surface area contributed by atoms with Crippen molar-refractivity contribution in [2.75, 3.05) is 19.7 Å². The van der Waals surface area contributed by atoms with Crippen molar-refractivity contribution in [3.63, 3.8) is 0 Å². The zero-order chi connectivity index (χ0) is 11.5. The van der Waals surface area contributed by atoms with E-state index in [0.717, 1.165) is 32.5 Å². The molecule has 4 unspecified atom stereocenters. The molecule has 3 nitrogen and oxygen atoms in total. The van der Waals surface area contributed by atoms with Crippen molar-refractivity contribution in [2.45, 2.75) is 57.8 Å². The molecule has 1 saturated carbocycles. The van der Waals surface area contributed by atoms with Crippen LogP contribution in [0.3, 0.4) is 0 Å². The van der Waals surface area contributed by atoms with Gasteiger partial charge >= 0.3 is 0 Å². The van der Waals surface area contributed by atoms with Crippen LogP contribution in [0.1, 0.15) is 39.5 Å². The summed E-state index contributed by atoms with van der Waals surface area (Å²) < 4.78 is 5.62. The van der Waals surface area contributed by atoms with Crippen LogP contribution in [-0.4, -0.2) is 48.0 Å². The van der Waals surface area contributed by atoms with E-state index in [-0.39, 0.29) is 6.10 Å². The predicted octanol–water partition coefficient (Wildman–Crippen LogP) is 1.65. The third-order valence-electron chi connectivity index (χ3n) is 4.14. The zero-order valence-corrected chi connectivity index (χ0v) is 10.6. The Morgan fingerprint density at radius 3 is 2.81 bits per heavy atom. The Labute approximate surface area is 98.8 Å². The maximum absolute atomic E-state index is 9.79. The third-order valence-corrected chi connectivity index (χ3v) is 4.14. The van der Waals surface area contributed by atoms with Gasteiger partial charge in [-0.05, 0) is 45.6 Å². The maximum atomic E-state index is 9.79. The van der Waals surface area contributed by atoms with Gasteiger partial charge in [0.05, 0.1) is 18.8 Å². The monoisotopic (exact) mass is 227 g/mol. The average Bonchev–Trinajstić information content (AvgIpc) is 2.66. The Morgan fingerprint density at radius 1 is 1.31 bits per heavy atom. The fourth-order valence-electron chi connectivity index (χ4n) is 2.97. The number of hydrogen-bond acceptors (Lipinski definition) is 3. The van der Waals surface area contributed by atoms with E-state index in [9.17, 15) is 5.11 Å². The number of aliphatic hydroxyl groups excluding tert-OH is 1. The number of hydrogen-bond donors (Lipinski definition) is 1. The smallest absolute Gasteiger partial charge is 0.0674 e. The van der Waals surface area contributed by atoms with Gasteiger partial charge in [0.25, 0.3) is 0 Å². The van der Waals surface area contributed by atoms with E-state index in [2.05, 4.69) is 18.7 Å². The van der Waals surface area contributed by atoms with E-state index >= 15 is 0 Å². The van der Waals surface area contributed by atoms with Gasteiger partial charge in [0.2, 0.25) is 0 Å². The van der Waals surface area contributed by atoms with Gasteiger partial charge in [-0.2, -0.15) is 0 Å². The van der Waals surface area contributed by atoms with Gasteiger partial charge in [0.1, 0.15) is 0 Å². The largest absolute Gasteiger partial charge is 0.393 e. The summed E-state index contributed by atoms with van der Waals surface area (Å²) in [4.78, 5) is 2.51. The molecule has 1 heterocycles. The second-order valence-corrected chi connectivity index (χ2v) is 5.53. The fraction of sp³-hybridized carbons (Fsp3) is 1.00. The summed E-state index contributed by atoms with van der Waals surface area (Å²) in [6.45, 7) is 7.40. The first-order valence-corrected chi connectivity index (χ1v) is 6.70. The minimum absolute atomic E-state index is 0.0335. The molecular weight excluding hydrogens is 202 g/mol. The standard InChI is InChI=1S/C13H25NO2/c1-10-9-16-11(2)8-14(10)7-6-12-4-3-5-13(12)15/h10-13,15H,3-9H2,1-2H3. The Kier molecular flexibility index (Phi) is 4.22. The Bertz CT molecular complexity index is 222. The summed E-state index contributed by atoms with van der Waals surface area (Å²) in [6.07, 6.45) is 4.92. The molecule has 1 aliphatic carbocycles. The van der Waals surface area contributed by atoms with Gasteiger partial charge in [-0.1, -0.05) is 6.42 Å². The lowest BCUT2D eigenvalue weighted by molar-refractivity contribution is -0.0519. The van der Waals surface area contributed by atoms with Gasteiger partial charge in [0.15, 0.2) is 0 Å². The molecule has 16 heavy (non-hydrogen) atoms. The van der Waals surface area contributed by atoms with Crippen molar-refractivity contribution in [3.8, 4) is 0 Å². The first-order valence-electron chi connectivity index (χ1n) is 6.70. The van der Waals surface area contributed by atoms with Crippen molar-refractivity contribution in [1.29, 1.82) is 0 Å². The first-order chi connectivity index (χ1) is 7.66. The molecule has 1 aliphatic heterocycles. The third kappa shape index (κ3) is 2.96. The lowest BCUT2D eigenvalue weighted by Crippen LogP contribution is -2.48. The fourth-order valence-corrected chi connectivity index (χ4v) is 2.97. The van der Waals surface area contributed by atoms with Gasteiger partial charge < -0.3 is 9.84 Å². The van der Waals surface area contributed by atoms with Crippen molar-refractivity contribution in [2.24, 2.45) is 5.92 Å². The van der Waals surface area contributed by atoms with Crippen LogP contribution < -0.4 is 0 Å². The molecule has 0 aromatic rings. The van der Waals surface area contributed by atoms with E-state index in [0.29, 0.717) is 18.1 Å². The summed E-state index contributed by atoms with van der Waals surface area (Å²) in [7, 11) is 0. The Morgan fingerprint density at radius 2 is 2.12 bits per heavy atom. The SMILES string of the molecule is CC1CN(CCC2CCCC2O)C(C)CO1. The molecule has 4 atom stereocenters. The highest BCUT2D eigenvalue weighted by molar-refractivity contribution is 4.80. The van der Waals surface area contributed by atoms with E-state index in [1.54, 1.807) is 0 Å². The normalized spacial score (nSPS) is 41.4. The molecule has 0 aromatic heterocycles. The average molecular weight is 227 g/mol. The Balaban J connectivity index is 1.75. The van der Waals surface area contributed by atoms with Gasteiger partial charge in [0, 0.05) is 12.6 Å². The lowest BCUT2D eigenvalue weighted by atomic mass is 10.0. The molecular formula is C13H25NO2. The Hall–Kier alpha value is -0.120. The number of ether oxygens (including phenoxy) is 1. The first kappa shape index (κ1) is 12.3. The predicted molar refractivity (Wildman–Crippen MR) is 64.4 cm³/mol. The summed E-state index contributed by atoms with van der Waals surface area (Å²) in [5.74, 6) is 0.547. The minimum Gasteiger partial charge on any atom is -0.393 e. The molecule has 94 valence electrons. The van der Waals surface area contributed by atoms with Crippen LogP contribution in [0.5, 0.6) is 0 Å². The zero-order valence-electron chi connectivity index (χ0n) is 10.6. The molecule has 0 bridgehead atoms. The quantitative estimate of drug-likeness (QED) is 0.795. The highest BCUT2D eigenvalue weighted by Gasteiger charge is 2.28. The molecule has 0 radical (unpaired) electrons. The lowest BCUT2D eigenvalue weighted by Gasteiger charge is -2.37. The van der Waals surface area contributed by atoms with Crippen LogP contribution >= 0.6 is 0 Å². The molecule has 1 saturated heterocycles. The van der Waals surface area contributed by atoms with Gasteiger partial charge in [-0.3, -0.25) is 4.90 Å². The van der Waals surface area contributed by atoms with Crippen LogP contribution in [-0.2, 0) is 4.74 Å². The number of nitrogens with zero attached hydrogens (tertiary/aromatic N) is 1. The number of aliphatic hydroxyl groups is 1. The van der Waals surface area contributed by atoms with Crippen molar-refractivity contribution < 1.29 is 9.84 Å². The molecule has 0 amide bonds. The molecule has 3 heteroatoms. The summed E-state index contributed by atoms with van der Waals surface area (Å²) in [6, 6.07) is 0.537. The van der Waals surface area contributed by atoms with E-state index in [1.165, 1.54) is 12.8 Å². The van der Waals surface area contributed by atoms with Crippen LogP contribution in [0.2, 0.25) is 0 Å². The van der Waals surface area contributed by atoms with E-state index in [1.807, 2.05) is 0 Å². The molecule has 2 rings (SSSR count). The second-order valence-electron chi connectivity index (χ2n) is 5.53. The van der Waals surface area contributed by atoms with Crippen molar-refractivity contribution in [3.05, 3.63) is 0 Å². The molecule has 2 aliphatic rings. The van der Waals surface area contributed by atoms with E-state index in [4.69, 9.17) is 4.74 Å². The van der Waals surface area contributed by atoms with Crippen LogP contribution in [0.4, 0.5) is 0 Å². The van der Waals surface area contributed by atoms with E-state index < -0.39 is 0 Å². The second kappa shape index (κ2) is 5.48. The van der Waals surface area contributed by atoms with Crippen LogP contribution in [0.25, 0.3) is 0 Å². The topological polar surface area (TPSA) is 32.7 Å². The summed E-state index contributed by atoms with van der Waals surface area (Å²) in [5, 5.41) is 9.79. The molecule has 0 aromatic carbocycles. The summed E-state index contributed by atoms with van der Waals surface area (Å²) in [5.41, 5.74) is 0. The maximum Gasteiger partial charge on any atom is 0.0674 e. The highest BCUT2D eigenvalue weighted by atomic mass is 16.5.